The minimum Gasteiger partial charge on any atom is -0.264 e. The van der Waals surface area contributed by atoms with E-state index in [9.17, 15) is 0 Å². The van der Waals surface area contributed by atoms with E-state index in [-0.39, 0.29) is 0 Å². The van der Waals surface area contributed by atoms with Gasteiger partial charge in [-0.25, -0.2) is 0 Å². The molecule has 0 amide bonds. The van der Waals surface area contributed by atoms with E-state index >= 15 is 0 Å². The number of nitrogens with zero attached hydrogens (tertiary/aromatic N) is 3. The summed E-state index contributed by atoms with van der Waals surface area (Å²) in [6, 6.07) is 0. The zero-order valence-corrected chi connectivity index (χ0v) is 18.8. The minimum atomic E-state index is -1.52. The zero-order valence-electron chi connectivity index (χ0n) is 13.6. The molecule has 0 aromatic rings. The molecule has 20 heavy (non-hydrogen) atoms. The number of hydrogen-bond acceptors (Lipinski definition) is 1. The molecule has 0 saturated carbocycles. The summed E-state index contributed by atoms with van der Waals surface area (Å²) in [4.78, 5) is -1.52. The summed E-state index contributed by atoms with van der Waals surface area (Å²) >= 11 is 5.15. The molecule has 0 fully saturated rings. The van der Waals surface area contributed by atoms with Crippen molar-refractivity contribution in [1.82, 2.24) is 9.34 Å². The van der Waals surface area contributed by atoms with Gasteiger partial charge in [-0.2, -0.15) is 0 Å². The maximum atomic E-state index is 5.19. The lowest BCUT2D eigenvalue weighted by Gasteiger charge is -2.40. The lowest BCUT2D eigenvalue weighted by molar-refractivity contribution is 0.382. The van der Waals surface area contributed by atoms with E-state index in [0.717, 1.165) is 11.0 Å². The van der Waals surface area contributed by atoms with Gasteiger partial charge in [-0.15, -0.1) is 0 Å². The van der Waals surface area contributed by atoms with Gasteiger partial charge in [0.15, 0.2) is 5.00 Å². The Hall–Kier alpha value is 1.61. The largest absolute Gasteiger partial charge is 0.264 e. The fourth-order valence-electron chi connectivity index (χ4n) is 2.29. The first kappa shape index (κ1) is 21.6. The second-order valence-electron chi connectivity index (χ2n) is 4.96. The van der Waals surface area contributed by atoms with Gasteiger partial charge in [0.1, 0.15) is 0 Å². The van der Waals surface area contributed by atoms with E-state index in [1.165, 1.54) is 51.9 Å². The average Bonchev–Trinajstić information content (AvgIpc) is 2.44. The Bertz CT molecular complexity index is 256. The monoisotopic (exact) mass is 527 g/mol. The van der Waals surface area contributed by atoms with E-state index < -0.39 is 5.00 Å². The molecule has 0 N–H and O–H groups in total. The van der Waals surface area contributed by atoms with Crippen LogP contribution in [0.25, 0.3) is 0 Å². The van der Waals surface area contributed by atoms with Crippen LogP contribution in [0.1, 0.15) is 53.4 Å². The number of alkyl halides is 1. The predicted molar refractivity (Wildman–Crippen MR) is 111 cm³/mol. The smallest absolute Gasteiger partial charge is 0.156 e. The highest BCUT2D eigenvalue weighted by molar-refractivity contribution is 14.2. The first-order valence-electron chi connectivity index (χ1n) is 7.95. The Labute approximate surface area is 153 Å². The third-order valence-electron chi connectivity index (χ3n) is 3.01. The Morgan fingerprint density at radius 3 is 1.40 bits per heavy atom. The van der Waals surface area contributed by atoms with Gasteiger partial charge in [-0.05, 0) is 25.7 Å². The molecule has 6 heteroatoms. The molecule has 0 spiro atoms. The van der Waals surface area contributed by atoms with Crippen LogP contribution in [0.4, 0.5) is 0 Å². The molecule has 0 aliphatic carbocycles. The van der Waals surface area contributed by atoms with Crippen molar-refractivity contribution < 1.29 is 0 Å². The van der Waals surface area contributed by atoms with Gasteiger partial charge < -0.3 is 0 Å². The quantitative estimate of drug-likeness (QED) is 0.175. The molecule has 0 heterocycles. The first-order chi connectivity index (χ1) is 9.60. The van der Waals surface area contributed by atoms with E-state index in [2.05, 4.69) is 81.7 Å². The average molecular weight is 527 g/mol. The zero-order chi connectivity index (χ0) is 15.4. The summed E-state index contributed by atoms with van der Waals surface area (Å²) in [5.41, 5.74) is 0. The number of hydrogen-bond donors (Lipinski definition) is 0. The highest BCUT2D eigenvalue weighted by Crippen LogP contribution is 2.64. The molecule has 0 saturated heterocycles. The molecule has 0 bridgehead atoms. The van der Waals surface area contributed by atoms with Gasteiger partial charge in [0, 0.05) is 59.2 Å². The lowest BCUT2D eigenvalue weighted by atomic mass is 10.4. The van der Waals surface area contributed by atoms with Crippen LogP contribution in [0.3, 0.4) is 0 Å². The molecule has 0 unspecified atom stereocenters. The Balaban J connectivity index is 5.39. The fourth-order valence-corrected chi connectivity index (χ4v) is 9.03. The SMILES string of the molecule is CCCN(CCC)P(I)(=NCCI)N(CCC)CCC. The van der Waals surface area contributed by atoms with Gasteiger partial charge in [-0.3, -0.25) is 14.1 Å². The van der Waals surface area contributed by atoms with Crippen molar-refractivity contribution in [3.63, 3.8) is 0 Å². The van der Waals surface area contributed by atoms with Crippen molar-refractivity contribution in [1.29, 1.82) is 0 Å². The lowest BCUT2D eigenvalue weighted by Crippen LogP contribution is -2.32. The number of halogens is 2. The Kier molecular flexibility index (Phi) is 14.1. The molecule has 0 aromatic heterocycles. The van der Waals surface area contributed by atoms with E-state index in [4.69, 9.17) is 4.74 Å². The summed E-state index contributed by atoms with van der Waals surface area (Å²) in [5.74, 6) is 0. The molecule has 0 aliphatic rings. The van der Waals surface area contributed by atoms with Crippen LogP contribution in [0.15, 0.2) is 4.74 Å². The summed E-state index contributed by atoms with van der Waals surface area (Å²) in [5, 5.41) is 0. The van der Waals surface area contributed by atoms with Crippen LogP contribution in [0, 0.1) is 0 Å². The standard InChI is InChI=1S/C14H32I2N3P/c1-5-11-18(12-6-2)20(16,17-10-9-15)19(13-7-3)14-8-4/h5-14H2,1-4H3. The summed E-state index contributed by atoms with van der Waals surface area (Å²) in [7, 11) is 0. The summed E-state index contributed by atoms with van der Waals surface area (Å²) in [6.07, 6.45) is 4.88. The van der Waals surface area contributed by atoms with Gasteiger partial charge in [0.25, 0.3) is 0 Å². The molecule has 0 aliphatic heterocycles. The van der Waals surface area contributed by atoms with Crippen LogP contribution in [0.2, 0.25) is 0 Å². The maximum Gasteiger partial charge on any atom is 0.156 e. The molecule has 122 valence electrons. The van der Waals surface area contributed by atoms with Gasteiger partial charge in [-0.1, -0.05) is 50.3 Å². The maximum absolute atomic E-state index is 5.19. The van der Waals surface area contributed by atoms with Crippen molar-refractivity contribution >= 4 is 49.6 Å². The topological polar surface area (TPSA) is 18.8 Å². The molecular formula is C14H32I2N3P. The molecule has 0 radical (unpaired) electrons. The van der Waals surface area contributed by atoms with Crippen molar-refractivity contribution in [2.45, 2.75) is 53.4 Å². The van der Waals surface area contributed by atoms with E-state index in [1.807, 2.05) is 0 Å². The predicted octanol–water partition coefficient (Wildman–Crippen LogP) is 6.05. The highest BCUT2D eigenvalue weighted by atomic mass is 127. The highest BCUT2D eigenvalue weighted by Gasteiger charge is 2.29. The van der Waals surface area contributed by atoms with Gasteiger partial charge >= 0.3 is 0 Å². The van der Waals surface area contributed by atoms with Crippen LogP contribution in [-0.4, -0.2) is 46.5 Å². The third-order valence-corrected chi connectivity index (χ3v) is 10.9. The third kappa shape index (κ3) is 7.25. The van der Waals surface area contributed by atoms with Gasteiger partial charge in [0.2, 0.25) is 0 Å². The summed E-state index contributed by atoms with van der Waals surface area (Å²) < 4.78 is 11.7. The fraction of sp³-hybridized carbons (Fsp3) is 1.00. The second-order valence-corrected chi connectivity index (χ2v) is 12.3. The molecule has 0 aromatic carbocycles. The van der Waals surface area contributed by atoms with E-state index in [1.54, 1.807) is 0 Å². The van der Waals surface area contributed by atoms with Crippen molar-refractivity contribution in [3.8, 4) is 0 Å². The molecule has 0 rings (SSSR count). The Morgan fingerprint density at radius 1 is 0.800 bits per heavy atom. The van der Waals surface area contributed by atoms with Crippen molar-refractivity contribution in [2.75, 3.05) is 37.2 Å². The van der Waals surface area contributed by atoms with Crippen LogP contribution in [-0.2, 0) is 0 Å². The van der Waals surface area contributed by atoms with Gasteiger partial charge in [0.05, 0.1) is 0 Å². The normalized spacial score (nSPS) is 12.4. The first-order valence-corrected chi connectivity index (χ1v) is 13.9. The number of rotatable bonds is 12. The summed E-state index contributed by atoms with van der Waals surface area (Å²) in [6.45, 7) is 14.8. The Morgan fingerprint density at radius 2 is 1.15 bits per heavy atom. The van der Waals surface area contributed by atoms with Crippen LogP contribution >= 0.6 is 49.6 Å². The van der Waals surface area contributed by atoms with E-state index in [0.29, 0.717) is 0 Å². The minimum absolute atomic E-state index is 0.991. The molecular weight excluding hydrogens is 495 g/mol. The van der Waals surface area contributed by atoms with Crippen molar-refractivity contribution in [2.24, 2.45) is 4.74 Å². The van der Waals surface area contributed by atoms with Crippen molar-refractivity contribution in [3.05, 3.63) is 0 Å². The second kappa shape index (κ2) is 13.1. The molecule has 0 atom stereocenters. The van der Waals surface area contributed by atoms with Crippen LogP contribution in [0.5, 0.6) is 0 Å². The molecule has 3 nitrogen and oxygen atoms in total. The van der Waals surface area contributed by atoms with Crippen LogP contribution < -0.4 is 0 Å².